The zero-order valence-corrected chi connectivity index (χ0v) is 14.6. The number of nitrogens with one attached hydrogen (secondary N) is 2. The van der Waals surface area contributed by atoms with Crippen LogP contribution in [0.1, 0.15) is 38.3 Å². The van der Waals surface area contributed by atoms with Gasteiger partial charge in [-0.15, -0.1) is 0 Å². The fraction of sp³-hybridized carbons (Fsp3) is 0.350. The van der Waals surface area contributed by atoms with E-state index in [-0.39, 0.29) is 6.61 Å². The van der Waals surface area contributed by atoms with Gasteiger partial charge in [0.15, 0.2) is 0 Å². The minimum Gasteiger partial charge on any atom is -0.444 e. The Kier molecular flexibility index (Phi) is 6.67. The Morgan fingerprint density at radius 1 is 0.958 bits per heavy atom. The van der Waals surface area contributed by atoms with Crippen molar-refractivity contribution in [1.29, 1.82) is 0 Å². The summed E-state index contributed by atoms with van der Waals surface area (Å²) in [4.78, 5) is 11.9. The van der Waals surface area contributed by atoms with Gasteiger partial charge in [-0.2, -0.15) is 0 Å². The van der Waals surface area contributed by atoms with Crippen molar-refractivity contribution in [3.05, 3.63) is 59.7 Å². The standard InChI is InChI=1S/C20H26N2O2/c1-4-5-16-6-10-19(11-7-16)22-20(23)24-14-17-8-12-18(13-9-17)21-15(2)3/h6-13,15,21H,4-5,14H2,1-3H3,(H,22,23). The summed E-state index contributed by atoms with van der Waals surface area (Å²) in [6, 6.07) is 16.1. The van der Waals surface area contributed by atoms with Crippen LogP contribution >= 0.6 is 0 Å². The molecule has 0 aliphatic carbocycles. The second-order valence-electron chi connectivity index (χ2n) is 6.14. The van der Waals surface area contributed by atoms with Crippen molar-refractivity contribution in [3.63, 3.8) is 0 Å². The van der Waals surface area contributed by atoms with E-state index in [9.17, 15) is 4.79 Å². The first-order valence-corrected chi connectivity index (χ1v) is 8.45. The van der Waals surface area contributed by atoms with Gasteiger partial charge in [-0.3, -0.25) is 5.32 Å². The summed E-state index contributed by atoms with van der Waals surface area (Å²) in [6.07, 6.45) is 1.72. The summed E-state index contributed by atoms with van der Waals surface area (Å²) in [6.45, 7) is 6.59. The van der Waals surface area contributed by atoms with E-state index in [4.69, 9.17) is 4.74 Å². The summed E-state index contributed by atoms with van der Waals surface area (Å²) < 4.78 is 5.26. The molecule has 0 heterocycles. The third kappa shape index (κ3) is 5.95. The highest BCUT2D eigenvalue weighted by Gasteiger charge is 2.04. The topological polar surface area (TPSA) is 50.4 Å². The van der Waals surface area contributed by atoms with Gasteiger partial charge in [0.1, 0.15) is 6.61 Å². The minimum atomic E-state index is -0.442. The maximum absolute atomic E-state index is 11.9. The minimum absolute atomic E-state index is 0.252. The first-order valence-electron chi connectivity index (χ1n) is 8.45. The molecule has 0 saturated carbocycles. The maximum atomic E-state index is 11.9. The van der Waals surface area contributed by atoms with Gasteiger partial charge in [0.05, 0.1) is 0 Å². The van der Waals surface area contributed by atoms with Gasteiger partial charge in [0.2, 0.25) is 0 Å². The SMILES string of the molecule is CCCc1ccc(NC(=O)OCc2ccc(NC(C)C)cc2)cc1. The van der Waals surface area contributed by atoms with Crippen LogP contribution in [0.25, 0.3) is 0 Å². The summed E-state index contributed by atoms with van der Waals surface area (Å²) >= 11 is 0. The number of carbonyl (C=O) groups is 1. The van der Waals surface area contributed by atoms with Gasteiger partial charge >= 0.3 is 6.09 Å². The Balaban J connectivity index is 1.80. The van der Waals surface area contributed by atoms with Crippen molar-refractivity contribution < 1.29 is 9.53 Å². The van der Waals surface area contributed by atoms with Crippen molar-refractivity contribution in [2.45, 2.75) is 46.3 Å². The smallest absolute Gasteiger partial charge is 0.411 e. The van der Waals surface area contributed by atoms with Gasteiger partial charge in [-0.25, -0.2) is 4.79 Å². The molecular formula is C20H26N2O2. The Hall–Kier alpha value is -2.49. The van der Waals surface area contributed by atoms with Crippen LogP contribution in [0.3, 0.4) is 0 Å². The molecule has 24 heavy (non-hydrogen) atoms. The number of hydrogen-bond donors (Lipinski definition) is 2. The van der Waals surface area contributed by atoms with Crippen LogP contribution in [0.15, 0.2) is 48.5 Å². The number of hydrogen-bond acceptors (Lipinski definition) is 3. The predicted octanol–water partition coefficient (Wildman–Crippen LogP) is 5.21. The van der Waals surface area contributed by atoms with E-state index in [2.05, 4.69) is 31.4 Å². The number of benzene rings is 2. The third-order valence-electron chi connectivity index (χ3n) is 3.52. The lowest BCUT2D eigenvalue weighted by molar-refractivity contribution is 0.155. The van der Waals surface area contributed by atoms with E-state index in [1.165, 1.54) is 5.56 Å². The molecule has 2 N–H and O–H groups in total. The predicted molar refractivity (Wildman–Crippen MR) is 99.4 cm³/mol. The number of amides is 1. The highest BCUT2D eigenvalue weighted by molar-refractivity contribution is 5.84. The Bertz CT molecular complexity index is 634. The lowest BCUT2D eigenvalue weighted by atomic mass is 10.1. The Labute approximate surface area is 144 Å². The van der Waals surface area contributed by atoms with E-state index < -0.39 is 6.09 Å². The lowest BCUT2D eigenvalue weighted by Crippen LogP contribution is -2.13. The van der Waals surface area contributed by atoms with Crippen molar-refractivity contribution in [3.8, 4) is 0 Å². The summed E-state index contributed by atoms with van der Waals surface area (Å²) in [5.41, 5.74) is 4.03. The summed E-state index contributed by atoms with van der Waals surface area (Å²) in [7, 11) is 0. The average molecular weight is 326 g/mol. The third-order valence-corrected chi connectivity index (χ3v) is 3.52. The van der Waals surface area contributed by atoms with Crippen molar-refractivity contribution in [1.82, 2.24) is 0 Å². The zero-order valence-electron chi connectivity index (χ0n) is 14.6. The van der Waals surface area contributed by atoms with Crippen molar-refractivity contribution in [2.75, 3.05) is 10.6 Å². The van der Waals surface area contributed by atoms with Gasteiger partial charge in [-0.05, 0) is 55.7 Å². The van der Waals surface area contributed by atoms with Crippen LogP contribution in [-0.2, 0) is 17.8 Å². The van der Waals surface area contributed by atoms with E-state index in [0.717, 1.165) is 29.8 Å². The second kappa shape index (κ2) is 8.96. The first kappa shape index (κ1) is 17.9. The maximum Gasteiger partial charge on any atom is 0.411 e. The molecule has 0 radical (unpaired) electrons. The molecule has 0 bridgehead atoms. The van der Waals surface area contributed by atoms with Crippen LogP contribution in [0.2, 0.25) is 0 Å². The van der Waals surface area contributed by atoms with Gasteiger partial charge < -0.3 is 10.1 Å². The number of rotatable bonds is 7. The van der Waals surface area contributed by atoms with E-state index in [0.29, 0.717) is 6.04 Å². The number of aryl methyl sites for hydroxylation is 1. The molecule has 0 spiro atoms. The normalized spacial score (nSPS) is 10.5. The highest BCUT2D eigenvalue weighted by Crippen LogP contribution is 2.13. The fourth-order valence-corrected chi connectivity index (χ4v) is 2.38. The molecule has 0 atom stereocenters. The number of anilines is 2. The molecule has 4 heteroatoms. The van der Waals surface area contributed by atoms with Crippen molar-refractivity contribution in [2.24, 2.45) is 0 Å². The van der Waals surface area contributed by atoms with Gasteiger partial charge in [0, 0.05) is 17.4 Å². The largest absolute Gasteiger partial charge is 0.444 e. The molecule has 0 fully saturated rings. The monoisotopic (exact) mass is 326 g/mol. The molecule has 0 aromatic heterocycles. The average Bonchev–Trinajstić information content (AvgIpc) is 2.56. The molecule has 1 amide bonds. The Morgan fingerprint density at radius 3 is 2.12 bits per heavy atom. The number of carbonyl (C=O) groups excluding carboxylic acids is 1. The molecule has 2 aromatic rings. The van der Waals surface area contributed by atoms with Gasteiger partial charge in [-0.1, -0.05) is 37.6 Å². The van der Waals surface area contributed by atoms with Gasteiger partial charge in [0.25, 0.3) is 0 Å². The quantitative estimate of drug-likeness (QED) is 0.734. The van der Waals surface area contributed by atoms with Crippen molar-refractivity contribution >= 4 is 17.5 Å². The zero-order chi connectivity index (χ0) is 17.4. The molecule has 0 aliphatic rings. The number of ether oxygens (including phenoxy) is 1. The summed E-state index contributed by atoms with van der Waals surface area (Å²) in [5.74, 6) is 0. The first-order chi connectivity index (χ1) is 11.6. The molecule has 4 nitrogen and oxygen atoms in total. The molecule has 0 unspecified atom stereocenters. The Morgan fingerprint density at radius 2 is 1.54 bits per heavy atom. The summed E-state index contributed by atoms with van der Waals surface area (Å²) in [5, 5.41) is 6.07. The highest BCUT2D eigenvalue weighted by atomic mass is 16.5. The van der Waals surface area contributed by atoms with Crippen LogP contribution in [0.4, 0.5) is 16.2 Å². The fourth-order valence-electron chi connectivity index (χ4n) is 2.38. The molecule has 2 rings (SSSR count). The molecule has 2 aromatic carbocycles. The molecular weight excluding hydrogens is 300 g/mol. The van der Waals surface area contributed by atoms with Crippen LogP contribution in [-0.4, -0.2) is 12.1 Å². The second-order valence-corrected chi connectivity index (χ2v) is 6.14. The van der Waals surface area contributed by atoms with E-state index in [1.54, 1.807) is 0 Å². The van der Waals surface area contributed by atoms with E-state index in [1.807, 2.05) is 48.5 Å². The van der Waals surface area contributed by atoms with E-state index >= 15 is 0 Å². The lowest BCUT2D eigenvalue weighted by Gasteiger charge is -2.11. The van der Waals surface area contributed by atoms with Crippen LogP contribution < -0.4 is 10.6 Å². The molecule has 128 valence electrons. The molecule has 0 aliphatic heterocycles. The van der Waals surface area contributed by atoms with Crippen LogP contribution in [0, 0.1) is 0 Å². The van der Waals surface area contributed by atoms with Crippen LogP contribution in [0.5, 0.6) is 0 Å². The molecule has 0 saturated heterocycles.